The van der Waals surface area contributed by atoms with E-state index in [-0.39, 0.29) is 5.60 Å². The third kappa shape index (κ3) is 1.38. The first-order valence-electron chi connectivity index (χ1n) is 5.12. The number of nitrogens with zero attached hydrogens (tertiary/aromatic N) is 1. The smallest absolute Gasteiger partial charge is 0.0802 e. The molecule has 2 rings (SSSR count). The maximum atomic E-state index is 10.3. The Hall–Kier alpha value is -0.0800. The van der Waals surface area contributed by atoms with Crippen LogP contribution in [0.1, 0.15) is 32.1 Å². The van der Waals surface area contributed by atoms with E-state index in [1.54, 1.807) is 0 Å². The van der Waals surface area contributed by atoms with Crippen LogP contribution >= 0.6 is 0 Å². The Morgan fingerprint density at radius 2 is 2.08 bits per heavy atom. The van der Waals surface area contributed by atoms with E-state index in [1.807, 2.05) is 0 Å². The normalized spacial score (nSPS) is 39.5. The lowest BCUT2D eigenvalue weighted by Gasteiger charge is -2.46. The second-order valence-corrected chi connectivity index (χ2v) is 4.57. The van der Waals surface area contributed by atoms with Crippen molar-refractivity contribution in [2.75, 3.05) is 20.1 Å². The van der Waals surface area contributed by atoms with Crippen molar-refractivity contribution in [2.45, 2.75) is 37.7 Å². The molecule has 1 heterocycles. The van der Waals surface area contributed by atoms with Crippen molar-refractivity contribution in [2.24, 2.45) is 5.92 Å². The highest BCUT2D eigenvalue weighted by Gasteiger charge is 2.42. The number of β-amino-alcohol motifs (C(OH)–C–C–N with tert-alkyl or cyclic N) is 1. The summed E-state index contributed by atoms with van der Waals surface area (Å²) >= 11 is 0. The zero-order chi connectivity index (χ0) is 8.60. The molecule has 1 saturated carbocycles. The minimum atomic E-state index is -0.328. The van der Waals surface area contributed by atoms with Crippen molar-refractivity contribution >= 4 is 0 Å². The van der Waals surface area contributed by atoms with Crippen LogP contribution in [0, 0.1) is 5.92 Å². The zero-order valence-corrected chi connectivity index (χ0v) is 7.92. The fourth-order valence-corrected chi connectivity index (χ4v) is 2.56. The highest BCUT2D eigenvalue weighted by atomic mass is 16.3. The molecular weight excluding hydrogens is 150 g/mol. The van der Waals surface area contributed by atoms with E-state index in [4.69, 9.17) is 0 Å². The minimum absolute atomic E-state index is 0.328. The highest BCUT2D eigenvalue weighted by Crippen LogP contribution is 2.40. The maximum Gasteiger partial charge on any atom is 0.0802 e. The second kappa shape index (κ2) is 3.00. The maximum absolute atomic E-state index is 10.3. The SMILES string of the molecule is CN1CCCC(O)(C2CCC2)C1. The number of aliphatic hydroxyl groups is 1. The summed E-state index contributed by atoms with van der Waals surface area (Å²) in [7, 11) is 2.11. The van der Waals surface area contributed by atoms with E-state index in [0.29, 0.717) is 5.92 Å². The number of rotatable bonds is 1. The van der Waals surface area contributed by atoms with Crippen LogP contribution in [-0.4, -0.2) is 35.7 Å². The fraction of sp³-hybridized carbons (Fsp3) is 1.00. The molecule has 0 aromatic carbocycles. The standard InChI is InChI=1S/C10H19NO/c1-11-7-3-6-10(12,8-11)9-4-2-5-9/h9,12H,2-8H2,1H3. The molecule has 1 aliphatic carbocycles. The lowest BCUT2D eigenvalue weighted by molar-refractivity contribution is -0.0926. The van der Waals surface area contributed by atoms with Crippen molar-refractivity contribution in [3.8, 4) is 0 Å². The second-order valence-electron chi connectivity index (χ2n) is 4.57. The van der Waals surface area contributed by atoms with E-state index in [0.717, 1.165) is 19.5 Å². The Kier molecular flexibility index (Phi) is 2.13. The van der Waals surface area contributed by atoms with Gasteiger partial charge in [-0.15, -0.1) is 0 Å². The Balaban J connectivity index is 1.97. The molecule has 1 N–H and O–H groups in total. The molecule has 0 aromatic heterocycles. The van der Waals surface area contributed by atoms with Gasteiger partial charge in [0.25, 0.3) is 0 Å². The molecule has 70 valence electrons. The molecule has 2 heteroatoms. The average Bonchev–Trinajstić information content (AvgIpc) is 1.79. The molecule has 1 aliphatic heterocycles. The number of likely N-dealkylation sites (N-methyl/N-ethyl adjacent to an activating group) is 1. The van der Waals surface area contributed by atoms with Gasteiger partial charge in [-0.2, -0.15) is 0 Å². The Bertz CT molecular complexity index is 167. The number of piperidine rings is 1. The van der Waals surface area contributed by atoms with E-state index < -0.39 is 0 Å². The summed E-state index contributed by atoms with van der Waals surface area (Å²) in [5.41, 5.74) is -0.328. The molecule has 0 aromatic rings. The van der Waals surface area contributed by atoms with Crippen LogP contribution in [0.5, 0.6) is 0 Å². The van der Waals surface area contributed by atoms with Crippen LogP contribution < -0.4 is 0 Å². The summed E-state index contributed by atoms with van der Waals surface area (Å²) < 4.78 is 0. The largest absolute Gasteiger partial charge is 0.388 e. The summed E-state index contributed by atoms with van der Waals surface area (Å²) in [6.07, 6.45) is 6.04. The quantitative estimate of drug-likeness (QED) is 0.638. The third-order valence-electron chi connectivity index (χ3n) is 3.56. The molecule has 2 fully saturated rings. The highest BCUT2D eigenvalue weighted by molar-refractivity contribution is 4.95. The molecule has 2 nitrogen and oxygen atoms in total. The lowest BCUT2D eigenvalue weighted by atomic mass is 9.69. The monoisotopic (exact) mass is 169 g/mol. The van der Waals surface area contributed by atoms with Gasteiger partial charge in [0.15, 0.2) is 0 Å². The Morgan fingerprint density at radius 1 is 1.33 bits per heavy atom. The van der Waals surface area contributed by atoms with Crippen LogP contribution in [0.15, 0.2) is 0 Å². The van der Waals surface area contributed by atoms with E-state index in [1.165, 1.54) is 25.7 Å². The van der Waals surface area contributed by atoms with Gasteiger partial charge in [0.1, 0.15) is 0 Å². The fourth-order valence-electron chi connectivity index (χ4n) is 2.56. The molecule has 0 spiro atoms. The van der Waals surface area contributed by atoms with Gasteiger partial charge in [-0.05, 0) is 45.2 Å². The Labute approximate surface area is 74.6 Å². The van der Waals surface area contributed by atoms with Gasteiger partial charge < -0.3 is 10.0 Å². The molecule has 0 amide bonds. The molecule has 0 bridgehead atoms. The van der Waals surface area contributed by atoms with Gasteiger partial charge in [-0.1, -0.05) is 6.42 Å². The predicted octanol–water partition coefficient (Wildman–Crippen LogP) is 1.24. The van der Waals surface area contributed by atoms with Crippen molar-refractivity contribution in [3.05, 3.63) is 0 Å². The molecule has 1 unspecified atom stereocenters. The van der Waals surface area contributed by atoms with Gasteiger partial charge in [0.05, 0.1) is 5.60 Å². The van der Waals surface area contributed by atoms with Crippen molar-refractivity contribution in [3.63, 3.8) is 0 Å². The molecule has 12 heavy (non-hydrogen) atoms. The predicted molar refractivity (Wildman–Crippen MR) is 49.0 cm³/mol. The van der Waals surface area contributed by atoms with Gasteiger partial charge in [-0.25, -0.2) is 0 Å². The average molecular weight is 169 g/mol. The first-order chi connectivity index (χ1) is 5.71. The topological polar surface area (TPSA) is 23.5 Å². The first kappa shape index (κ1) is 8.52. The number of hydrogen-bond acceptors (Lipinski definition) is 2. The molecule has 1 atom stereocenters. The van der Waals surface area contributed by atoms with Crippen molar-refractivity contribution in [1.29, 1.82) is 0 Å². The molecule has 1 saturated heterocycles. The van der Waals surface area contributed by atoms with Crippen LogP contribution in [0.4, 0.5) is 0 Å². The van der Waals surface area contributed by atoms with Crippen molar-refractivity contribution in [1.82, 2.24) is 4.90 Å². The third-order valence-corrected chi connectivity index (χ3v) is 3.56. The summed E-state index contributed by atoms with van der Waals surface area (Å²) in [4.78, 5) is 2.27. The summed E-state index contributed by atoms with van der Waals surface area (Å²) in [6.45, 7) is 2.06. The van der Waals surface area contributed by atoms with Crippen LogP contribution in [0.2, 0.25) is 0 Å². The van der Waals surface area contributed by atoms with Crippen molar-refractivity contribution < 1.29 is 5.11 Å². The van der Waals surface area contributed by atoms with Gasteiger partial charge >= 0.3 is 0 Å². The van der Waals surface area contributed by atoms with Crippen LogP contribution in [-0.2, 0) is 0 Å². The number of hydrogen-bond donors (Lipinski definition) is 1. The van der Waals surface area contributed by atoms with E-state index >= 15 is 0 Å². The van der Waals surface area contributed by atoms with Crippen LogP contribution in [0.3, 0.4) is 0 Å². The Morgan fingerprint density at radius 3 is 2.58 bits per heavy atom. The lowest BCUT2D eigenvalue weighted by Crippen LogP contribution is -2.53. The van der Waals surface area contributed by atoms with Crippen LogP contribution in [0.25, 0.3) is 0 Å². The number of likely N-dealkylation sites (tertiary alicyclic amines) is 1. The molecular formula is C10H19NO. The molecule has 2 aliphatic rings. The zero-order valence-electron chi connectivity index (χ0n) is 7.92. The van der Waals surface area contributed by atoms with Gasteiger partial charge in [0.2, 0.25) is 0 Å². The minimum Gasteiger partial charge on any atom is -0.388 e. The van der Waals surface area contributed by atoms with E-state index in [2.05, 4.69) is 11.9 Å². The first-order valence-corrected chi connectivity index (χ1v) is 5.12. The van der Waals surface area contributed by atoms with E-state index in [9.17, 15) is 5.11 Å². The summed E-state index contributed by atoms with van der Waals surface area (Å²) in [5.74, 6) is 0.611. The summed E-state index contributed by atoms with van der Waals surface area (Å²) in [6, 6.07) is 0. The van der Waals surface area contributed by atoms with Gasteiger partial charge in [0, 0.05) is 6.54 Å². The molecule has 0 radical (unpaired) electrons. The summed E-state index contributed by atoms with van der Waals surface area (Å²) in [5, 5.41) is 10.3. The van der Waals surface area contributed by atoms with Gasteiger partial charge in [-0.3, -0.25) is 0 Å².